The molecule has 2 aliphatic heterocycles. The lowest BCUT2D eigenvalue weighted by Gasteiger charge is -2.35. The molecule has 2 heterocycles. The van der Waals surface area contributed by atoms with Gasteiger partial charge in [-0.05, 0) is 37.8 Å². The molecule has 2 aliphatic rings. The second-order valence-electron chi connectivity index (χ2n) is 6.16. The summed E-state index contributed by atoms with van der Waals surface area (Å²) >= 11 is 0. The van der Waals surface area contributed by atoms with E-state index in [1.54, 1.807) is 0 Å². The van der Waals surface area contributed by atoms with Crippen LogP contribution in [0.4, 0.5) is 5.69 Å². The predicted molar refractivity (Wildman–Crippen MR) is 85.4 cm³/mol. The molecule has 0 spiro atoms. The number of hydrogen-bond donors (Lipinski definition) is 1. The van der Waals surface area contributed by atoms with Gasteiger partial charge >= 0.3 is 0 Å². The van der Waals surface area contributed by atoms with Crippen LogP contribution in [-0.2, 0) is 11.3 Å². The van der Waals surface area contributed by atoms with Crippen molar-refractivity contribution in [2.75, 3.05) is 31.1 Å². The lowest BCUT2D eigenvalue weighted by atomic mass is 10.0. The fraction of sp³-hybridized carbons (Fsp3) is 0.588. The van der Waals surface area contributed by atoms with E-state index in [0.717, 1.165) is 39.0 Å². The molecule has 1 unspecified atom stereocenters. The maximum absolute atomic E-state index is 12.7. The van der Waals surface area contributed by atoms with Crippen LogP contribution in [0.25, 0.3) is 0 Å². The number of piperidine rings is 1. The Morgan fingerprint density at radius 2 is 2.14 bits per heavy atom. The van der Waals surface area contributed by atoms with Crippen molar-refractivity contribution < 1.29 is 4.79 Å². The van der Waals surface area contributed by atoms with Gasteiger partial charge < -0.3 is 15.1 Å². The lowest BCUT2D eigenvalue weighted by molar-refractivity contribution is -0.132. The maximum atomic E-state index is 12.7. The van der Waals surface area contributed by atoms with E-state index in [0.29, 0.717) is 12.6 Å². The number of benzene rings is 1. The Bertz CT molecular complexity index is 503. The van der Waals surface area contributed by atoms with Crippen LogP contribution in [0.3, 0.4) is 0 Å². The first-order chi connectivity index (χ1) is 10.3. The summed E-state index contributed by atoms with van der Waals surface area (Å²) in [5, 5.41) is 3.43. The van der Waals surface area contributed by atoms with Crippen molar-refractivity contribution in [1.29, 1.82) is 0 Å². The lowest BCUT2D eigenvalue weighted by Crippen LogP contribution is -2.47. The number of hydrogen-bond acceptors (Lipinski definition) is 3. The van der Waals surface area contributed by atoms with Crippen molar-refractivity contribution in [3.63, 3.8) is 0 Å². The summed E-state index contributed by atoms with van der Waals surface area (Å²) in [6.07, 6.45) is 3.54. The summed E-state index contributed by atoms with van der Waals surface area (Å²) in [5.74, 6) is 0.277. The third-order valence-electron chi connectivity index (χ3n) is 4.66. The number of nitrogens with zero attached hydrogens (tertiary/aromatic N) is 2. The molecule has 114 valence electrons. The SMILES string of the molecule is CC1CCCCN1C(=O)CN1CCNCc2ccccc21. The molecular formula is C17H25N3O. The normalized spacial score (nSPS) is 22.6. The van der Waals surface area contributed by atoms with Crippen LogP contribution in [0.5, 0.6) is 0 Å². The average Bonchev–Trinajstić information content (AvgIpc) is 2.70. The fourth-order valence-corrected chi connectivity index (χ4v) is 3.41. The van der Waals surface area contributed by atoms with Crippen molar-refractivity contribution in [3.05, 3.63) is 29.8 Å². The van der Waals surface area contributed by atoms with Crippen LogP contribution >= 0.6 is 0 Å². The number of carbonyl (C=O) groups excluding carboxylic acids is 1. The third kappa shape index (κ3) is 3.21. The maximum Gasteiger partial charge on any atom is 0.242 e. The molecule has 1 N–H and O–H groups in total. The zero-order valence-electron chi connectivity index (χ0n) is 12.8. The molecule has 1 aromatic rings. The van der Waals surface area contributed by atoms with Crippen LogP contribution in [0, 0.1) is 0 Å². The van der Waals surface area contributed by atoms with E-state index >= 15 is 0 Å². The van der Waals surface area contributed by atoms with Gasteiger partial charge in [0.15, 0.2) is 0 Å². The van der Waals surface area contributed by atoms with Crippen molar-refractivity contribution in [1.82, 2.24) is 10.2 Å². The molecule has 1 saturated heterocycles. The number of para-hydroxylation sites is 1. The zero-order valence-corrected chi connectivity index (χ0v) is 12.8. The monoisotopic (exact) mass is 287 g/mol. The Morgan fingerprint density at radius 1 is 1.29 bits per heavy atom. The highest BCUT2D eigenvalue weighted by atomic mass is 16.2. The van der Waals surface area contributed by atoms with Gasteiger partial charge in [-0.15, -0.1) is 0 Å². The molecular weight excluding hydrogens is 262 g/mol. The van der Waals surface area contributed by atoms with Crippen LogP contribution < -0.4 is 10.2 Å². The summed E-state index contributed by atoms with van der Waals surface area (Å²) < 4.78 is 0. The molecule has 1 atom stereocenters. The van der Waals surface area contributed by atoms with Crippen LogP contribution in [0.15, 0.2) is 24.3 Å². The van der Waals surface area contributed by atoms with Gasteiger partial charge in [-0.25, -0.2) is 0 Å². The molecule has 0 aliphatic carbocycles. The fourth-order valence-electron chi connectivity index (χ4n) is 3.41. The van der Waals surface area contributed by atoms with E-state index in [-0.39, 0.29) is 5.91 Å². The minimum Gasteiger partial charge on any atom is -0.361 e. The minimum absolute atomic E-state index is 0.277. The number of rotatable bonds is 2. The van der Waals surface area contributed by atoms with Gasteiger partial charge in [0.05, 0.1) is 6.54 Å². The van der Waals surface area contributed by atoms with Crippen molar-refractivity contribution in [3.8, 4) is 0 Å². The summed E-state index contributed by atoms with van der Waals surface area (Å²) in [4.78, 5) is 17.0. The number of amides is 1. The first-order valence-electron chi connectivity index (χ1n) is 8.09. The summed E-state index contributed by atoms with van der Waals surface area (Å²) in [5.41, 5.74) is 2.50. The average molecular weight is 287 g/mol. The zero-order chi connectivity index (χ0) is 14.7. The van der Waals surface area contributed by atoms with Gasteiger partial charge in [0.1, 0.15) is 0 Å². The number of carbonyl (C=O) groups is 1. The van der Waals surface area contributed by atoms with Gasteiger partial charge in [0.25, 0.3) is 0 Å². The number of fused-ring (bicyclic) bond motifs is 1. The molecule has 0 bridgehead atoms. The van der Waals surface area contributed by atoms with Gasteiger partial charge in [-0.1, -0.05) is 18.2 Å². The molecule has 21 heavy (non-hydrogen) atoms. The largest absolute Gasteiger partial charge is 0.361 e. The topological polar surface area (TPSA) is 35.6 Å². The van der Waals surface area contributed by atoms with Gasteiger partial charge in [0, 0.05) is 37.9 Å². The third-order valence-corrected chi connectivity index (χ3v) is 4.66. The quantitative estimate of drug-likeness (QED) is 0.903. The highest BCUT2D eigenvalue weighted by Crippen LogP contribution is 2.23. The Morgan fingerprint density at radius 3 is 3.00 bits per heavy atom. The highest BCUT2D eigenvalue weighted by molar-refractivity contribution is 5.82. The number of likely N-dealkylation sites (tertiary alicyclic amines) is 1. The molecule has 0 saturated carbocycles. The van der Waals surface area contributed by atoms with Gasteiger partial charge in [0.2, 0.25) is 5.91 Å². The highest BCUT2D eigenvalue weighted by Gasteiger charge is 2.25. The molecule has 1 fully saturated rings. The Hall–Kier alpha value is -1.55. The smallest absolute Gasteiger partial charge is 0.242 e. The Balaban J connectivity index is 1.73. The first-order valence-corrected chi connectivity index (χ1v) is 8.09. The predicted octanol–water partition coefficient (Wildman–Crippen LogP) is 2.00. The first kappa shape index (κ1) is 14.4. The number of anilines is 1. The second kappa shape index (κ2) is 6.48. The van der Waals surface area contributed by atoms with Crippen molar-refractivity contribution in [2.24, 2.45) is 0 Å². The van der Waals surface area contributed by atoms with Crippen molar-refractivity contribution >= 4 is 11.6 Å². The van der Waals surface area contributed by atoms with E-state index in [1.165, 1.54) is 17.7 Å². The second-order valence-corrected chi connectivity index (χ2v) is 6.16. The number of nitrogens with one attached hydrogen (secondary N) is 1. The van der Waals surface area contributed by atoms with Gasteiger partial charge in [-0.3, -0.25) is 4.79 Å². The van der Waals surface area contributed by atoms with Gasteiger partial charge in [-0.2, -0.15) is 0 Å². The van der Waals surface area contributed by atoms with Crippen LogP contribution in [0.1, 0.15) is 31.7 Å². The molecule has 1 aromatic carbocycles. The van der Waals surface area contributed by atoms with E-state index < -0.39 is 0 Å². The van der Waals surface area contributed by atoms with E-state index in [2.05, 4.69) is 46.3 Å². The summed E-state index contributed by atoms with van der Waals surface area (Å²) in [6.45, 7) is 6.31. The molecule has 0 aromatic heterocycles. The van der Waals surface area contributed by atoms with Crippen molar-refractivity contribution in [2.45, 2.75) is 38.8 Å². The van der Waals surface area contributed by atoms with E-state index in [1.807, 2.05) is 0 Å². The standard InChI is InChI=1S/C17H25N3O/c1-14-6-4-5-10-20(14)17(21)13-19-11-9-18-12-15-7-2-3-8-16(15)19/h2-3,7-8,14,18H,4-6,9-13H2,1H3. The Kier molecular flexibility index (Phi) is 4.44. The Labute approximate surface area is 127 Å². The molecule has 1 amide bonds. The van der Waals surface area contributed by atoms with Crippen LogP contribution in [0.2, 0.25) is 0 Å². The van der Waals surface area contributed by atoms with Crippen LogP contribution in [-0.4, -0.2) is 43.0 Å². The molecule has 3 rings (SSSR count). The summed E-state index contributed by atoms with van der Waals surface area (Å²) in [6, 6.07) is 8.81. The molecule has 4 nitrogen and oxygen atoms in total. The minimum atomic E-state index is 0.277. The van der Waals surface area contributed by atoms with E-state index in [4.69, 9.17) is 0 Å². The molecule has 4 heteroatoms. The van der Waals surface area contributed by atoms with E-state index in [9.17, 15) is 4.79 Å². The summed E-state index contributed by atoms with van der Waals surface area (Å²) in [7, 11) is 0. The molecule has 0 radical (unpaired) electrons.